The Labute approximate surface area is 190 Å². The van der Waals surface area contributed by atoms with E-state index in [0.29, 0.717) is 39.2 Å². The van der Waals surface area contributed by atoms with E-state index in [-0.39, 0.29) is 0 Å². The molecule has 0 aliphatic rings. The van der Waals surface area contributed by atoms with Gasteiger partial charge in [0.2, 0.25) is 0 Å². The fourth-order valence-corrected chi connectivity index (χ4v) is 4.11. The fraction of sp³-hybridized carbons (Fsp3) is 0.167. The first kappa shape index (κ1) is 21.2. The molecule has 0 aliphatic heterocycles. The van der Waals surface area contributed by atoms with Crippen LogP contribution in [0.1, 0.15) is 27.2 Å². The SMILES string of the molecule is Cc1ccc(CCn2c(-c3cc(-c4ccc(Cl)cc4Cl)no3)cc(C(N)=O)c2C)cc1. The average molecular weight is 454 g/mol. The monoisotopic (exact) mass is 453 g/mol. The van der Waals surface area contributed by atoms with Crippen molar-refractivity contribution < 1.29 is 9.32 Å². The minimum atomic E-state index is -0.478. The Morgan fingerprint density at radius 2 is 1.81 bits per heavy atom. The highest BCUT2D eigenvalue weighted by molar-refractivity contribution is 6.36. The molecule has 0 atom stereocenters. The van der Waals surface area contributed by atoms with Gasteiger partial charge >= 0.3 is 0 Å². The van der Waals surface area contributed by atoms with E-state index < -0.39 is 5.91 Å². The van der Waals surface area contributed by atoms with E-state index in [2.05, 4.69) is 36.3 Å². The van der Waals surface area contributed by atoms with Gasteiger partial charge in [-0.05, 0) is 50.1 Å². The minimum absolute atomic E-state index is 0.460. The van der Waals surface area contributed by atoms with Gasteiger partial charge in [-0.15, -0.1) is 0 Å². The number of aromatic nitrogens is 2. The number of hydrogen-bond donors (Lipinski definition) is 1. The molecule has 0 radical (unpaired) electrons. The number of hydrogen-bond acceptors (Lipinski definition) is 3. The highest BCUT2D eigenvalue weighted by Crippen LogP contribution is 2.33. The lowest BCUT2D eigenvalue weighted by atomic mass is 10.1. The van der Waals surface area contributed by atoms with E-state index in [1.165, 1.54) is 11.1 Å². The number of carbonyl (C=O) groups excluding carboxylic acids is 1. The lowest BCUT2D eigenvalue weighted by Gasteiger charge is -2.10. The largest absolute Gasteiger partial charge is 0.366 e. The summed E-state index contributed by atoms with van der Waals surface area (Å²) in [5, 5.41) is 5.20. The molecule has 31 heavy (non-hydrogen) atoms. The summed E-state index contributed by atoms with van der Waals surface area (Å²) in [7, 11) is 0. The van der Waals surface area contributed by atoms with Crippen molar-refractivity contribution in [3.63, 3.8) is 0 Å². The topological polar surface area (TPSA) is 74.1 Å². The second kappa shape index (κ2) is 8.61. The third kappa shape index (κ3) is 4.38. The lowest BCUT2D eigenvalue weighted by molar-refractivity contribution is 0.0999. The van der Waals surface area contributed by atoms with Crippen molar-refractivity contribution in [2.45, 2.75) is 26.8 Å². The van der Waals surface area contributed by atoms with Crippen molar-refractivity contribution >= 4 is 29.1 Å². The quantitative estimate of drug-likeness (QED) is 0.384. The Morgan fingerprint density at radius 1 is 1.06 bits per heavy atom. The molecule has 0 saturated carbocycles. The number of benzene rings is 2. The molecule has 2 N–H and O–H groups in total. The van der Waals surface area contributed by atoms with Gasteiger partial charge in [0.15, 0.2) is 5.76 Å². The van der Waals surface area contributed by atoms with Gasteiger partial charge in [0, 0.05) is 28.9 Å². The van der Waals surface area contributed by atoms with Crippen molar-refractivity contribution in [3.8, 4) is 22.7 Å². The van der Waals surface area contributed by atoms with Crippen LogP contribution < -0.4 is 5.73 Å². The molecule has 1 amide bonds. The van der Waals surface area contributed by atoms with Gasteiger partial charge in [0.1, 0.15) is 5.69 Å². The molecule has 0 bridgehead atoms. The summed E-state index contributed by atoms with van der Waals surface area (Å²) in [6, 6.07) is 17.2. The van der Waals surface area contributed by atoms with Crippen molar-refractivity contribution in [1.29, 1.82) is 0 Å². The Morgan fingerprint density at radius 3 is 2.48 bits per heavy atom. The van der Waals surface area contributed by atoms with Gasteiger partial charge in [0.05, 0.1) is 16.3 Å². The fourth-order valence-electron chi connectivity index (χ4n) is 3.60. The van der Waals surface area contributed by atoms with Crippen molar-refractivity contribution in [2.24, 2.45) is 5.73 Å². The normalized spacial score (nSPS) is 11.1. The Bertz CT molecular complexity index is 1260. The van der Waals surface area contributed by atoms with E-state index in [1.807, 2.05) is 11.5 Å². The highest BCUT2D eigenvalue weighted by atomic mass is 35.5. The number of primary amides is 1. The molecule has 0 aliphatic carbocycles. The Balaban J connectivity index is 1.70. The maximum atomic E-state index is 12.0. The summed E-state index contributed by atoms with van der Waals surface area (Å²) in [5.74, 6) is 0.0499. The standard InChI is InChI=1S/C24H21Cl2N3O2/c1-14-3-5-16(6-4-14)9-10-29-15(2)19(24(27)30)12-22(29)23-13-21(28-31-23)18-8-7-17(25)11-20(18)26/h3-8,11-13H,9-10H2,1-2H3,(H2,27,30). The average Bonchev–Trinajstić information content (AvgIpc) is 3.32. The van der Waals surface area contributed by atoms with E-state index in [0.717, 1.165) is 17.8 Å². The van der Waals surface area contributed by atoms with Gasteiger partial charge in [-0.1, -0.05) is 58.2 Å². The minimum Gasteiger partial charge on any atom is -0.366 e. The van der Waals surface area contributed by atoms with E-state index >= 15 is 0 Å². The molecule has 2 heterocycles. The highest BCUT2D eigenvalue weighted by Gasteiger charge is 2.20. The van der Waals surface area contributed by atoms with E-state index in [4.69, 9.17) is 33.5 Å². The van der Waals surface area contributed by atoms with Gasteiger partial charge in [-0.2, -0.15) is 0 Å². The molecule has 4 rings (SSSR count). The van der Waals surface area contributed by atoms with Crippen molar-refractivity contribution in [3.05, 3.63) is 87.0 Å². The van der Waals surface area contributed by atoms with Crippen LogP contribution in [0.25, 0.3) is 22.7 Å². The maximum absolute atomic E-state index is 12.0. The Hall–Kier alpha value is -3.02. The molecule has 0 spiro atoms. The van der Waals surface area contributed by atoms with Crippen LogP contribution in [0.2, 0.25) is 10.0 Å². The molecule has 0 fully saturated rings. The van der Waals surface area contributed by atoms with Crippen LogP contribution >= 0.6 is 23.2 Å². The molecule has 0 saturated heterocycles. The molecule has 5 nitrogen and oxygen atoms in total. The van der Waals surface area contributed by atoms with Crippen molar-refractivity contribution in [2.75, 3.05) is 0 Å². The van der Waals surface area contributed by atoms with Crippen LogP contribution in [-0.4, -0.2) is 15.6 Å². The van der Waals surface area contributed by atoms with Gasteiger partial charge in [0.25, 0.3) is 5.91 Å². The molecule has 0 unspecified atom stereocenters. The summed E-state index contributed by atoms with van der Waals surface area (Å²) in [4.78, 5) is 12.0. The predicted molar refractivity (Wildman–Crippen MR) is 124 cm³/mol. The molecule has 2 aromatic carbocycles. The smallest absolute Gasteiger partial charge is 0.250 e. The molecule has 7 heteroatoms. The summed E-state index contributed by atoms with van der Waals surface area (Å²) in [6.07, 6.45) is 0.797. The first-order chi connectivity index (χ1) is 14.8. The van der Waals surface area contributed by atoms with Gasteiger partial charge < -0.3 is 14.8 Å². The number of nitrogens with zero attached hydrogens (tertiary/aromatic N) is 2. The lowest BCUT2D eigenvalue weighted by Crippen LogP contribution is -2.13. The number of nitrogens with two attached hydrogens (primary N) is 1. The number of amides is 1. The molecular formula is C24H21Cl2N3O2. The third-order valence-electron chi connectivity index (χ3n) is 5.35. The molecule has 4 aromatic rings. The zero-order valence-electron chi connectivity index (χ0n) is 17.2. The second-order valence-electron chi connectivity index (χ2n) is 7.48. The van der Waals surface area contributed by atoms with Gasteiger partial charge in [-0.25, -0.2) is 0 Å². The number of aryl methyl sites for hydroxylation is 2. The summed E-state index contributed by atoms with van der Waals surface area (Å²) < 4.78 is 7.67. The first-order valence-electron chi connectivity index (χ1n) is 9.81. The summed E-state index contributed by atoms with van der Waals surface area (Å²) >= 11 is 12.3. The van der Waals surface area contributed by atoms with Crippen LogP contribution in [0.5, 0.6) is 0 Å². The van der Waals surface area contributed by atoms with Crippen LogP contribution in [-0.2, 0) is 13.0 Å². The van der Waals surface area contributed by atoms with Gasteiger partial charge in [-0.3, -0.25) is 4.79 Å². The number of halogens is 2. The molecule has 158 valence electrons. The Kier molecular flexibility index (Phi) is 5.90. The van der Waals surface area contributed by atoms with Crippen LogP contribution in [0.3, 0.4) is 0 Å². The predicted octanol–water partition coefficient (Wildman–Crippen LogP) is 6.08. The van der Waals surface area contributed by atoms with Crippen LogP contribution in [0.15, 0.2) is 59.1 Å². The maximum Gasteiger partial charge on any atom is 0.250 e. The number of carbonyl (C=O) groups is 1. The summed E-state index contributed by atoms with van der Waals surface area (Å²) in [5.41, 5.74) is 11.3. The first-order valence-corrected chi connectivity index (χ1v) is 10.6. The zero-order chi connectivity index (χ0) is 22.1. The number of rotatable bonds is 6. The van der Waals surface area contributed by atoms with Crippen LogP contribution in [0, 0.1) is 13.8 Å². The summed E-state index contributed by atoms with van der Waals surface area (Å²) in [6.45, 7) is 4.60. The second-order valence-corrected chi connectivity index (χ2v) is 8.32. The van der Waals surface area contributed by atoms with E-state index in [9.17, 15) is 4.79 Å². The molecular weight excluding hydrogens is 433 g/mol. The third-order valence-corrected chi connectivity index (χ3v) is 5.89. The van der Waals surface area contributed by atoms with Crippen molar-refractivity contribution in [1.82, 2.24) is 9.72 Å². The van der Waals surface area contributed by atoms with Crippen LogP contribution in [0.4, 0.5) is 0 Å². The van der Waals surface area contributed by atoms with E-state index in [1.54, 1.807) is 30.3 Å². The zero-order valence-corrected chi connectivity index (χ0v) is 18.7. The molecule has 2 aromatic heterocycles.